The molecule has 0 spiro atoms. The minimum Gasteiger partial charge on any atom is -0.326 e. The smallest absolute Gasteiger partial charge is 0.326 e. The SMILES string of the molecule is CCCC1NC(CCC)N(CCCCC(F)(F)F)C1=O. The molecule has 6 heteroatoms. The fraction of sp³-hybridized carbons (Fsp3) is 0.929. The van der Waals surface area contributed by atoms with Gasteiger partial charge in [0.1, 0.15) is 0 Å². The Morgan fingerprint density at radius 3 is 2.35 bits per heavy atom. The summed E-state index contributed by atoms with van der Waals surface area (Å²) in [5.74, 6) is 0.0531. The van der Waals surface area contributed by atoms with Crippen molar-refractivity contribution in [3.8, 4) is 0 Å². The number of amides is 1. The maximum atomic E-state index is 12.2. The standard InChI is InChI=1S/C14H25F3N2O/c1-3-7-11-13(20)19(12(18-11)8-4-2)10-6-5-9-14(15,16)17/h11-12,18H,3-10H2,1-2H3. The third-order valence-electron chi connectivity index (χ3n) is 3.60. The molecule has 1 fully saturated rings. The molecule has 0 saturated carbocycles. The van der Waals surface area contributed by atoms with Crippen LogP contribution in [0.15, 0.2) is 0 Å². The first-order chi connectivity index (χ1) is 9.39. The van der Waals surface area contributed by atoms with Crippen LogP contribution < -0.4 is 5.32 Å². The van der Waals surface area contributed by atoms with Crippen molar-refractivity contribution in [1.29, 1.82) is 0 Å². The van der Waals surface area contributed by atoms with Crippen molar-refractivity contribution in [1.82, 2.24) is 10.2 Å². The average molecular weight is 294 g/mol. The van der Waals surface area contributed by atoms with Crippen LogP contribution in [0.25, 0.3) is 0 Å². The highest BCUT2D eigenvalue weighted by Gasteiger charge is 2.37. The van der Waals surface area contributed by atoms with E-state index in [0.29, 0.717) is 13.0 Å². The summed E-state index contributed by atoms with van der Waals surface area (Å²) in [6, 6.07) is -0.154. The van der Waals surface area contributed by atoms with E-state index in [2.05, 4.69) is 5.32 Å². The fourth-order valence-electron chi connectivity index (χ4n) is 2.63. The number of nitrogens with zero attached hydrogens (tertiary/aromatic N) is 1. The third-order valence-corrected chi connectivity index (χ3v) is 3.60. The number of hydrogen-bond acceptors (Lipinski definition) is 2. The van der Waals surface area contributed by atoms with Crippen LogP contribution in [0.3, 0.4) is 0 Å². The first-order valence-corrected chi connectivity index (χ1v) is 7.52. The van der Waals surface area contributed by atoms with Gasteiger partial charge in [0.25, 0.3) is 0 Å². The van der Waals surface area contributed by atoms with E-state index in [0.717, 1.165) is 25.7 Å². The van der Waals surface area contributed by atoms with E-state index in [1.165, 1.54) is 0 Å². The first kappa shape index (κ1) is 17.3. The second-order valence-electron chi connectivity index (χ2n) is 5.42. The number of nitrogens with one attached hydrogen (secondary N) is 1. The van der Waals surface area contributed by atoms with Crippen LogP contribution in [0.4, 0.5) is 13.2 Å². The minimum absolute atomic E-state index is 0.00469. The Hall–Kier alpha value is -0.780. The number of halogens is 3. The lowest BCUT2D eigenvalue weighted by Crippen LogP contribution is -2.38. The predicted molar refractivity (Wildman–Crippen MR) is 72.1 cm³/mol. The van der Waals surface area contributed by atoms with Gasteiger partial charge in [-0.3, -0.25) is 10.1 Å². The maximum absolute atomic E-state index is 12.2. The van der Waals surface area contributed by atoms with Crippen LogP contribution in [0.5, 0.6) is 0 Å². The molecule has 2 unspecified atom stereocenters. The number of unbranched alkanes of at least 4 members (excludes halogenated alkanes) is 1. The molecule has 1 heterocycles. The van der Waals surface area contributed by atoms with Gasteiger partial charge in [-0.15, -0.1) is 0 Å². The molecule has 1 aliphatic rings. The summed E-state index contributed by atoms with van der Waals surface area (Å²) in [5, 5.41) is 3.30. The average Bonchev–Trinajstić information content (AvgIpc) is 2.62. The number of rotatable bonds is 8. The second kappa shape index (κ2) is 7.86. The molecule has 118 valence electrons. The van der Waals surface area contributed by atoms with E-state index in [1.807, 2.05) is 13.8 Å². The lowest BCUT2D eigenvalue weighted by atomic mass is 10.1. The third kappa shape index (κ3) is 5.31. The molecule has 1 rings (SSSR count). The normalized spacial score (nSPS) is 23.6. The maximum Gasteiger partial charge on any atom is 0.389 e. The van der Waals surface area contributed by atoms with Crippen molar-refractivity contribution < 1.29 is 18.0 Å². The van der Waals surface area contributed by atoms with Gasteiger partial charge < -0.3 is 4.90 Å². The summed E-state index contributed by atoms with van der Waals surface area (Å²) in [7, 11) is 0. The summed E-state index contributed by atoms with van der Waals surface area (Å²) < 4.78 is 36.3. The molecule has 1 aliphatic heterocycles. The Balaban J connectivity index is 2.45. The minimum atomic E-state index is -4.10. The largest absolute Gasteiger partial charge is 0.389 e. The van der Waals surface area contributed by atoms with Gasteiger partial charge >= 0.3 is 6.18 Å². The molecule has 20 heavy (non-hydrogen) atoms. The zero-order chi connectivity index (χ0) is 15.2. The Kier molecular flexibility index (Phi) is 6.79. The monoisotopic (exact) mass is 294 g/mol. The molecule has 0 bridgehead atoms. The van der Waals surface area contributed by atoms with Crippen LogP contribution in [0.1, 0.15) is 58.8 Å². The number of carbonyl (C=O) groups is 1. The van der Waals surface area contributed by atoms with E-state index in [1.54, 1.807) is 4.90 Å². The summed E-state index contributed by atoms with van der Waals surface area (Å²) >= 11 is 0. The Bertz CT molecular complexity index is 307. The topological polar surface area (TPSA) is 32.3 Å². The fourth-order valence-corrected chi connectivity index (χ4v) is 2.63. The number of alkyl halides is 3. The Morgan fingerprint density at radius 1 is 1.15 bits per heavy atom. The summed E-state index contributed by atoms with van der Waals surface area (Å²) in [5.41, 5.74) is 0. The zero-order valence-electron chi connectivity index (χ0n) is 12.3. The van der Waals surface area contributed by atoms with Crippen LogP contribution in [0, 0.1) is 0 Å². The summed E-state index contributed by atoms with van der Waals surface area (Å²) in [4.78, 5) is 13.9. The number of carbonyl (C=O) groups excluding carboxylic acids is 1. The van der Waals surface area contributed by atoms with E-state index in [9.17, 15) is 18.0 Å². The zero-order valence-corrected chi connectivity index (χ0v) is 12.3. The van der Waals surface area contributed by atoms with Gasteiger partial charge in [-0.25, -0.2) is 0 Å². The van der Waals surface area contributed by atoms with Crippen molar-refractivity contribution in [2.75, 3.05) is 6.54 Å². The van der Waals surface area contributed by atoms with Crippen molar-refractivity contribution in [3.05, 3.63) is 0 Å². The van der Waals surface area contributed by atoms with Crippen molar-refractivity contribution in [2.24, 2.45) is 0 Å². The second-order valence-corrected chi connectivity index (χ2v) is 5.42. The molecule has 1 amide bonds. The van der Waals surface area contributed by atoms with Crippen LogP contribution in [0.2, 0.25) is 0 Å². The van der Waals surface area contributed by atoms with Crippen LogP contribution >= 0.6 is 0 Å². The molecule has 0 aromatic rings. The molecule has 3 nitrogen and oxygen atoms in total. The molecular formula is C14H25F3N2O. The van der Waals surface area contributed by atoms with Crippen molar-refractivity contribution in [2.45, 2.75) is 77.2 Å². The van der Waals surface area contributed by atoms with Crippen LogP contribution in [-0.4, -0.2) is 35.7 Å². The van der Waals surface area contributed by atoms with Crippen LogP contribution in [-0.2, 0) is 4.79 Å². The lowest BCUT2D eigenvalue weighted by molar-refractivity contribution is -0.136. The lowest BCUT2D eigenvalue weighted by Gasteiger charge is -2.24. The van der Waals surface area contributed by atoms with Gasteiger partial charge in [0.05, 0.1) is 12.2 Å². The molecule has 0 radical (unpaired) electrons. The highest BCUT2D eigenvalue weighted by molar-refractivity contribution is 5.84. The quantitative estimate of drug-likeness (QED) is 0.695. The first-order valence-electron chi connectivity index (χ1n) is 7.52. The van der Waals surface area contributed by atoms with Gasteiger partial charge in [-0.1, -0.05) is 26.7 Å². The Morgan fingerprint density at radius 2 is 1.80 bits per heavy atom. The van der Waals surface area contributed by atoms with Gasteiger partial charge in [0.15, 0.2) is 0 Å². The summed E-state index contributed by atoms with van der Waals surface area (Å²) in [6.07, 6.45) is -0.859. The Labute approximate surface area is 118 Å². The van der Waals surface area contributed by atoms with E-state index >= 15 is 0 Å². The molecule has 2 atom stereocenters. The van der Waals surface area contributed by atoms with Gasteiger partial charge in [0, 0.05) is 13.0 Å². The molecule has 0 aromatic carbocycles. The van der Waals surface area contributed by atoms with E-state index < -0.39 is 12.6 Å². The highest BCUT2D eigenvalue weighted by Crippen LogP contribution is 2.23. The number of hydrogen-bond donors (Lipinski definition) is 1. The predicted octanol–water partition coefficient (Wildman–Crippen LogP) is 3.45. The van der Waals surface area contributed by atoms with E-state index in [-0.39, 0.29) is 24.5 Å². The van der Waals surface area contributed by atoms with Crippen molar-refractivity contribution >= 4 is 5.91 Å². The van der Waals surface area contributed by atoms with Gasteiger partial charge in [-0.2, -0.15) is 13.2 Å². The molecule has 0 aromatic heterocycles. The molecular weight excluding hydrogens is 269 g/mol. The highest BCUT2D eigenvalue weighted by atomic mass is 19.4. The summed E-state index contributed by atoms with van der Waals surface area (Å²) in [6.45, 7) is 4.49. The van der Waals surface area contributed by atoms with E-state index in [4.69, 9.17) is 0 Å². The van der Waals surface area contributed by atoms with Crippen molar-refractivity contribution in [3.63, 3.8) is 0 Å². The van der Waals surface area contributed by atoms with Gasteiger partial charge in [0.2, 0.25) is 5.91 Å². The van der Waals surface area contributed by atoms with Gasteiger partial charge in [-0.05, 0) is 25.7 Å². The molecule has 1 saturated heterocycles. The molecule has 1 N–H and O–H groups in total. The molecule has 0 aliphatic carbocycles.